The molecule has 2 aliphatic rings. The molecule has 5 rings (SSSR count). The van der Waals surface area contributed by atoms with Gasteiger partial charge >= 0.3 is 0 Å². The van der Waals surface area contributed by atoms with Gasteiger partial charge in [0.05, 0.1) is 31.5 Å². The van der Waals surface area contributed by atoms with Crippen LogP contribution in [0.4, 0.5) is 5.69 Å². The largest absolute Gasteiger partial charge is 0.497 e. The van der Waals surface area contributed by atoms with Gasteiger partial charge in [-0.05, 0) is 55.9 Å². The van der Waals surface area contributed by atoms with Crippen molar-refractivity contribution in [1.82, 2.24) is 15.2 Å². The fraction of sp³-hybridized carbons (Fsp3) is 0.444. The molecule has 3 heterocycles. The first-order valence-corrected chi connectivity index (χ1v) is 12.2. The number of nitrogens with one attached hydrogen (secondary N) is 1. The Morgan fingerprint density at radius 3 is 2.59 bits per heavy atom. The highest BCUT2D eigenvalue weighted by atomic mass is 16.5. The van der Waals surface area contributed by atoms with Crippen molar-refractivity contribution in [3.8, 4) is 22.8 Å². The number of aromatic nitrogens is 1. The molecule has 2 aliphatic heterocycles. The van der Waals surface area contributed by atoms with Crippen LogP contribution < -0.4 is 19.7 Å². The van der Waals surface area contributed by atoms with Crippen molar-refractivity contribution in [2.75, 3.05) is 71.6 Å². The van der Waals surface area contributed by atoms with Gasteiger partial charge in [0.15, 0.2) is 0 Å². The van der Waals surface area contributed by atoms with Crippen LogP contribution in [-0.4, -0.2) is 82.6 Å². The van der Waals surface area contributed by atoms with E-state index < -0.39 is 0 Å². The summed E-state index contributed by atoms with van der Waals surface area (Å²) in [5, 5.41) is 4.27. The Hall–Kier alpha value is -2.87. The zero-order valence-corrected chi connectivity index (χ0v) is 20.1. The summed E-state index contributed by atoms with van der Waals surface area (Å²) < 4.78 is 16.9. The molecule has 1 aromatic heterocycles. The Balaban J connectivity index is 1.45. The molecule has 7 heteroatoms. The van der Waals surface area contributed by atoms with Crippen LogP contribution in [0, 0.1) is 0 Å². The number of hydrogen-bond donors (Lipinski definition) is 1. The predicted molar refractivity (Wildman–Crippen MR) is 136 cm³/mol. The number of morpholine rings is 1. The smallest absolute Gasteiger partial charge is 0.121 e. The molecule has 2 aromatic carbocycles. The molecule has 1 atom stereocenters. The van der Waals surface area contributed by atoms with E-state index in [-0.39, 0.29) is 0 Å². The van der Waals surface area contributed by atoms with Crippen LogP contribution in [0.2, 0.25) is 0 Å². The second-order valence-corrected chi connectivity index (χ2v) is 8.92. The second-order valence-electron chi connectivity index (χ2n) is 8.92. The lowest BCUT2D eigenvalue weighted by atomic mass is 10.1. The van der Waals surface area contributed by atoms with Gasteiger partial charge in [0, 0.05) is 61.5 Å². The van der Waals surface area contributed by atoms with Crippen molar-refractivity contribution in [2.45, 2.75) is 12.5 Å². The molecule has 7 nitrogen and oxygen atoms in total. The molecule has 0 bridgehead atoms. The third-order valence-corrected chi connectivity index (χ3v) is 6.83. The van der Waals surface area contributed by atoms with Gasteiger partial charge < -0.3 is 24.4 Å². The van der Waals surface area contributed by atoms with Crippen LogP contribution in [0.1, 0.15) is 6.42 Å². The van der Waals surface area contributed by atoms with Crippen molar-refractivity contribution < 1.29 is 14.2 Å². The molecule has 0 saturated carbocycles. The van der Waals surface area contributed by atoms with E-state index in [2.05, 4.69) is 39.4 Å². The molecule has 0 amide bonds. The maximum atomic E-state index is 5.79. The summed E-state index contributed by atoms with van der Waals surface area (Å²) in [6.45, 7) is 7.28. The number of pyridine rings is 1. The summed E-state index contributed by atoms with van der Waals surface area (Å²) in [5.41, 5.74) is 4.24. The van der Waals surface area contributed by atoms with E-state index in [9.17, 15) is 0 Å². The molecule has 0 radical (unpaired) electrons. The van der Waals surface area contributed by atoms with Crippen molar-refractivity contribution >= 4 is 16.6 Å². The Bertz CT molecular complexity index is 1100. The zero-order chi connectivity index (χ0) is 23.3. The lowest BCUT2D eigenvalue weighted by molar-refractivity contribution is 0.0209. The summed E-state index contributed by atoms with van der Waals surface area (Å²) in [6, 6.07) is 17.2. The van der Waals surface area contributed by atoms with Gasteiger partial charge in [0.2, 0.25) is 0 Å². The van der Waals surface area contributed by atoms with Crippen LogP contribution in [0.25, 0.3) is 22.2 Å². The number of hydrogen-bond acceptors (Lipinski definition) is 7. The highest BCUT2D eigenvalue weighted by molar-refractivity contribution is 5.95. The summed E-state index contributed by atoms with van der Waals surface area (Å²) in [6.07, 6.45) is 1.17. The fourth-order valence-electron chi connectivity index (χ4n) is 4.92. The summed E-state index contributed by atoms with van der Waals surface area (Å²) in [4.78, 5) is 10.1. The lowest BCUT2D eigenvalue weighted by Gasteiger charge is -2.32. The van der Waals surface area contributed by atoms with Crippen LogP contribution in [0.5, 0.6) is 11.5 Å². The molecular weight excluding hydrogens is 428 g/mol. The van der Waals surface area contributed by atoms with Gasteiger partial charge in [0.1, 0.15) is 18.1 Å². The number of fused-ring (bicyclic) bond motifs is 1. The quantitative estimate of drug-likeness (QED) is 0.515. The Kier molecular flexibility index (Phi) is 7.13. The van der Waals surface area contributed by atoms with Gasteiger partial charge in [-0.1, -0.05) is 0 Å². The number of nitrogens with zero attached hydrogens (tertiary/aromatic N) is 3. The van der Waals surface area contributed by atoms with Gasteiger partial charge in [0.25, 0.3) is 0 Å². The maximum Gasteiger partial charge on any atom is 0.121 e. The van der Waals surface area contributed by atoms with Crippen molar-refractivity contribution in [3.05, 3.63) is 48.5 Å². The van der Waals surface area contributed by atoms with Gasteiger partial charge in [-0.2, -0.15) is 0 Å². The Morgan fingerprint density at radius 1 is 1.03 bits per heavy atom. The number of methoxy groups -OCH3 is 1. The molecule has 1 N–H and O–H groups in total. The van der Waals surface area contributed by atoms with Crippen molar-refractivity contribution in [3.63, 3.8) is 0 Å². The average molecular weight is 463 g/mol. The van der Waals surface area contributed by atoms with Crippen molar-refractivity contribution in [2.24, 2.45) is 0 Å². The van der Waals surface area contributed by atoms with E-state index in [1.807, 2.05) is 31.3 Å². The van der Waals surface area contributed by atoms with Crippen LogP contribution >= 0.6 is 0 Å². The monoisotopic (exact) mass is 462 g/mol. The summed E-state index contributed by atoms with van der Waals surface area (Å²) in [5.74, 6) is 1.69. The van der Waals surface area contributed by atoms with Crippen LogP contribution in [0.3, 0.4) is 0 Å². The van der Waals surface area contributed by atoms with Gasteiger partial charge in [-0.3, -0.25) is 4.90 Å². The first-order chi connectivity index (χ1) is 16.7. The highest BCUT2D eigenvalue weighted by Gasteiger charge is 2.30. The second kappa shape index (κ2) is 10.6. The van der Waals surface area contributed by atoms with E-state index in [1.165, 1.54) is 17.5 Å². The molecule has 2 saturated heterocycles. The number of likely N-dealkylation sites (N-methyl/N-ethyl adjacent to an activating group) is 1. The minimum Gasteiger partial charge on any atom is -0.497 e. The molecule has 34 heavy (non-hydrogen) atoms. The molecule has 1 unspecified atom stereocenters. The highest BCUT2D eigenvalue weighted by Crippen LogP contribution is 2.35. The minimum absolute atomic E-state index is 0.572. The summed E-state index contributed by atoms with van der Waals surface area (Å²) in [7, 11) is 3.63. The first kappa shape index (κ1) is 22.9. The van der Waals surface area contributed by atoms with Crippen LogP contribution in [-0.2, 0) is 4.74 Å². The fourth-order valence-corrected chi connectivity index (χ4v) is 4.92. The molecule has 180 valence electrons. The Morgan fingerprint density at radius 2 is 1.82 bits per heavy atom. The first-order valence-electron chi connectivity index (χ1n) is 12.2. The van der Waals surface area contributed by atoms with Crippen LogP contribution in [0.15, 0.2) is 48.5 Å². The van der Waals surface area contributed by atoms with E-state index in [0.29, 0.717) is 12.6 Å². The standard InChI is InChI=1S/C27H34N4O3/c1-28-10-14-34-22-5-3-20(4-6-22)25-18-27(24-8-7-23(32-2)17-26(24)29-25)31-11-9-21(19-31)30-12-15-33-16-13-30/h3-8,17-18,21,28H,9-16,19H2,1-2H3. The van der Waals surface area contributed by atoms with E-state index in [1.54, 1.807) is 7.11 Å². The predicted octanol–water partition coefficient (Wildman–Crippen LogP) is 3.42. The maximum absolute atomic E-state index is 5.79. The third kappa shape index (κ3) is 4.97. The average Bonchev–Trinajstić information content (AvgIpc) is 3.39. The summed E-state index contributed by atoms with van der Waals surface area (Å²) >= 11 is 0. The SMILES string of the molecule is CNCCOc1ccc(-c2cc(N3CCC(N4CCOCC4)C3)c3ccc(OC)cc3n2)cc1. The normalized spacial score (nSPS) is 19.0. The molecular formula is C27H34N4O3. The number of benzene rings is 2. The third-order valence-electron chi connectivity index (χ3n) is 6.83. The Labute approximate surface area is 201 Å². The lowest BCUT2D eigenvalue weighted by Crippen LogP contribution is -2.44. The molecule has 2 fully saturated rings. The van der Waals surface area contributed by atoms with Crippen molar-refractivity contribution in [1.29, 1.82) is 0 Å². The molecule has 0 spiro atoms. The van der Waals surface area contributed by atoms with Gasteiger partial charge in [-0.25, -0.2) is 4.98 Å². The van der Waals surface area contributed by atoms with E-state index in [0.717, 1.165) is 74.2 Å². The zero-order valence-electron chi connectivity index (χ0n) is 20.1. The number of ether oxygens (including phenoxy) is 3. The molecule has 3 aromatic rings. The molecule has 0 aliphatic carbocycles. The number of rotatable bonds is 8. The van der Waals surface area contributed by atoms with Gasteiger partial charge in [-0.15, -0.1) is 0 Å². The van der Waals surface area contributed by atoms with E-state index in [4.69, 9.17) is 19.2 Å². The number of anilines is 1. The minimum atomic E-state index is 0.572. The topological polar surface area (TPSA) is 59.1 Å². The van der Waals surface area contributed by atoms with E-state index >= 15 is 0 Å².